The fourth-order valence-corrected chi connectivity index (χ4v) is 4.05. The summed E-state index contributed by atoms with van der Waals surface area (Å²) in [4.78, 5) is 0.399. The smallest absolute Gasteiger partial charge is 0.243 e. The van der Waals surface area contributed by atoms with Crippen LogP contribution in [0.2, 0.25) is 0 Å². The summed E-state index contributed by atoms with van der Waals surface area (Å²) >= 11 is 0. The van der Waals surface area contributed by atoms with E-state index in [1.54, 1.807) is 22.5 Å². The molecule has 1 atom stereocenters. The lowest BCUT2D eigenvalue weighted by Gasteiger charge is -2.16. The van der Waals surface area contributed by atoms with E-state index in [0.717, 1.165) is 18.4 Å². The molecule has 1 aromatic carbocycles. The summed E-state index contributed by atoms with van der Waals surface area (Å²) < 4.78 is 26.4. The molecule has 5 heteroatoms. The first kappa shape index (κ1) is 13.5. The zero-order valence-corrected chi connectivity index (χ0v) is 11.5. The Morgan fingerprint density at radius 1 is 1.44 bits per heavy atom. The van der Waals surface area contributed by atoms with Crippen LogP contribution in [0.15, 0.2) is 29.2 Å². The number of hydrogen-bond acceptors (Lipinski definition) is 3. The van der Waals surface area contributed by atoms with Crippen LogP contribution in [-0.2, 0) is 10.0 Å². The molecule has 0 spiro atoms. The van der Waals surface area contributed by atoms with Crippen LogP contribution in [0.25, 0.3) is 0 Å². The third-order valence-corrected chi connectivity index (χ3v) is 5.31. The van der Waals surface area contributed by atoms with Crippen LogP contribution in [0.5, 0.6) is 0 Å². The zero-order valence-electron chi connectivity index (χ0n) is 10.7. The van der Waals surface area contributed by atoms with Gasteiger partial charge in [-0.1, -0.05) is 12.1 Å². The Hall–Kier alpha value is -0.910. The fourth-order valence-electron chi connectivity index (χ4n) is 2.41. The predicted octanol–water partition coefficient (Wildman–Crippen LogP) is 1.35. The Balaban J connectivity index is 2.18. The SMILES string of the molecule is Cc1cccc(S(=O)(=O)N2CCC(CCN)C2)c1. The highest BCUT2D eigenvalue weighted by Gasteiger charge is 2.31. The van der Waals surface area contributed by atoms with Gasteiger partial charge in [-0.2, -0.15) is 4.31 Å². The summed E-state index contributed by atoms with van der Waals surface area (Å²) in [5.74, 6) is 0.412. The largest absolute Gasteiger partial charge is 0.330 e. The van der Waals surface area contributed by atoms with Crippen LogP contribution in [0.1, 0.15) is 18.4 Å². The van der Waals surface area contributed by atoms with Gasteiger partial charge in [-0.15, -0.1) is 0 Å². The van der Waals surface area contributed by atoms with Gasteiger partial charge < -0.3 is 5.73 Å². The minimum atomic E-state index is -3.32. The topological polar surface area (TPSA) is 63.4 Å². The normalized spacial score (nSPS) is 21.3. The first-order chi connectivity index (χ1) is 8.54. The zero-order chi connectivity index (χ0) is 13.2. The molecule has 1 aliphatic heterocycles. The molecule has 4 nitrogen and oxygen atoms in total. The van der Waals surface area contributed by atoms with E-state index in [-0.39, 0.29) is 0 Å². The predicted molar refractivity (Wildman–Crippen MR) is 71.7 cm³/mol. The molecule has 0 aromatic heterocycles. The minimum absolute atomic E-state index is 0.399. The van der Waals surface area contributed by atoms with Crippen molar-refractivity contribution in [2.45, 2.75) is 24.7 Å². The molecule has 1 aliphatic rings. The third kappa shape index (κ3) is 2.74. The quantitative estimate of drug-likeness (QED) is 0.896. The van der Waals surface area contributed by atoms with Crippen molar-refractivity contribution >= 4 is 10.0 Å². The van der Waals surface area contributed by atoms with Crippen molar-refractivity contribution in [3.8, 4) is 0 Å². The van der Waals surface area contributed by atoms with Crippen LogP contribution in [0.4, 0.5) is 0 Å². The number of sulfonamides is 1. The summed E-state index contributed by atoms with van der Waals surface area (Å²) in [6.07, 6.45) is 1.82. The summed E-state index contributed by atoms with van der Waals surface area (Å²) in [5, 5.41) is 0. The molecule has 18 heavy (non-hydrogen) atoms. The number of benzene rings is 1. The number of aryl methyl sites for hydroxylation is 1. The molecule has 2 N–H and O–H groups in total. The van der Waals surface area contributed by atoms with E-state index < -0.39 is 10.0 Å². The minimum Gasteiger partial charge on any atom is -0.330 e. The highest BCUT2D eigenvalue weighted by Crippen LogP contribution is 2.26. The van der Waals surface area contributed by atoms with Crippen molar-refractivity contribution in [2.75, 3.05) is 19.6 Å². The van der Waals surface area contributed by atoms with Crippen molar-refractivity contribution in [3.63, 3.8) is 0 Å². The summed E-state index contributed by atoms with van der Waals surface area (Å²) in [6.45, 7) is 3.75. The van der Waals surface area contributed by atoms with Gasteiger partial charge >= 0.3 is 0 Å². The van der Waals surface area contributed by atoms with Crippen LogP contribution in [0, 0.1) is 12.8 Å². The maximum atomic E-state index is 12.4. The molecule has 1 aromatic rings. The molecule has 1 heterocycles. The van der Waals surface area contributed by atoms with Gasteiger partial charge in [0.25, 0.3) is 0 Å². The van der Waals surface area contributed by atoms with Crippen LogP contribution in [0.3, 0.4) is 0 Å². The Morgan fingerprint density at radius 2 is 2.22 bits per heavy atom. The van der Waals surface area contributed by atoms with Gasteiger partial charge in [-0.25, -0.2) is 8.42 Å². The van der Waals surface area contributed by atoms with Gasteiger partial charge in [0.1, 0.15) is 0 Å². The van der Waals surface area contributed by atoms with Gasteiger partial charge in [-0.3, -0.25) is 0 Å². The van der Waals surface area contributed by atoms with Crippen molar-refractivity contribution in [1.82, 2.24) is 4.31 Å². The number of hydrogen-bond donors (Lipinski definition) is 1. The molecule has 0 amide bonds. The van der Waals surface area contributed by atoms with Gasteiger partial charge in [0.05, 0.1) is 4.90 Å². The van der Waals surface area contributed by atoms with E-state index >= 15 is 0 Å². The highest BCUT2D eigenvalue weighted by molar-refractivity contribution is 7.89. The van der Waals surface area contributed by atoms with Crippen molar-refractivity contribution in [2.24, 2.45) is 11.7 Å². The van der Waals surface area contributed by atoms with Crippen LogP contribution >= 0.6 is 0 Å². The molecule has 0 bridgehead atoms. The molecule has 0 radical (unpaired) electrons. The molecule has 100 valence electrons. The molecule has 1 fully saturated rings. The van der Waals surface area contributed by atoms with Crippen molar-refractivity contribution in [1.29, 1.82) is 0 Å². The number of rotatable bonds is 4. The Morgan fingerprint density at radius 3 is 2.89 bits per heavy atom. The summed E-state index contributed by atoms with van der Waals surface area (Å²) in [5.41, 5.74) is 6.49. The Kier molecular flexibility index (Phi) is 4.04. The molecular formula is C13H20N2O2S. The van der Waals surface area contributed by atoms with Gasteiger partial charge in [-0.05, 0) is 49.9 Å². The van der Waals surface area contributed by atoms with Crippen LogP contribution in [-0.4, -0.2) is 32.4 Å². The lowest BCUT2D eigenvalue weighted by atomic mass is 10.1. The van der Waals surface area contributed by atoms with E-state index in [1.165, 1.54) is 0 Å². The second-order valence-electron chi connectivity index (χ2n) is 4.91. The first-order valence-corrected chi connectivity index (χ1v) is 7.75. The van der Waals surface area contributed by atoms with E-state index in [2.05, 4.69) is 0 Å². The van der Waals surface area contributed by atoms with E-state index in [4.69, 9.17) is 5.73 Å². The Labute approximate surface area is 109 Å². The molecule has 1 saturated heterocycles. The van der Waals surface area contributed by atoms with E-state index in [9.17, 15) is 8.42 Å². The summed E-state index contributed by atoms with van der Waals surface area (Å²) in [6, 6.07) is 7.08. The second kappa shape index (κ2) is 5.38. The highest BCUT2D eigenvalue weighted by atomic mass is 32.2. The van der Waals surface area contributed by atoms with E-state index in [0.29, 0.717) is 30.4 Å². The lowest BCUT2D eigenvalue weighted by molar-refractivity contribution is 0.448. The number of nitrogens with zero attached hydrogens (tertiary/aromatic N) is 1. The van der Waals surface area contributed by atoms with Crippen LogP contribution < -0.4 is 5.73 Å². The Bertz CT molecular complexity index is 513. The average Bonchev–Trinajstić information content (AvgIpc) is 2.79. The molecule has 1 unspecified atom stereocenters. The monoisotopic (exact) mass is 268 g/mol. The fraction of sp³-hybridized carbons (Fsp3) is 0.538. The molecule has 0 saturated carbocycles. The summed E-state index contributed by atoms with van der Waals surface area (Å²) in [7, 11) is -3.32. The van der Waals surface area contributed by atoms with Gasteiger partial charge in [0, 0.05) is 13.1 Å². The van der Waals surface area contributed by atoms with Crippen molar-refractivity contribution < 1.29 is 8.42 Å². The van der Waals surface area contributed by atoms with E-state index in [1.807, 2.05) is 13.0 Å². The maximum absolute atomic E-state index is 12.4. The maximum Gasteiger partial charge on any atom is 0.243 e. The van der Waals surface area contributed by atoms with Gasteiger partial charge in [0.2, 0.25) is 10.0 Å². The van der Waals surface area contributed by atoms with Crippen molar-refractivity contribution in [3.05, 3.63) is 29.8 Å². The molecule has 0 aliphatic carbocycles. The molecule has 2 rings (SSSR count). The standard InChI is InChI=1S/C13H20N2O2S/c1-11-3-2-4-13(9-11)18(16,17)15-8-6-12(10-15)5-7-14/h2-4,9,12H,5-8,10,14H2,1H3. The average molecular weight is 268 g/mol. The second-order valence-corrected chi connectivity index (χ2v) is 6.85. The third-order valence-electron chi connectivity index (χ3n) is 3.45. The molecular weight excluding hydrogens is 248 g/mol. The first-order valence-electron chi connectivity index (χ1n) is 6.31. The van der Waals surface area contributed by atoms with Gasteiger partial charge in [0.15, 0.2) is 0 Å². The number of nitrogens with two attached hydrogens (primary N) is 1. The lowest BCUT2D eigenvalue weighted by Crippen LogP contribution is -2.29.